The summed E-state index contributed by atoms with van der Waals surface area (Å²) in [6, 6.07) is 7.68. The maximum absolute atomic E-state index is 13.4. The number of rotatable bonds is 5. The summed E-state index contributed by atoms with van der Waals surface area (Å²) in [7, 11) is 0. The fraction of sp³-hybridized carbons (Fsp3) is 0.167. The van der Waals surface area contributed by atoms with Crippen molar-refractivity contribution in [2.45, 2.75) is 24.4 Å². The normalized spacial score (nSPS) is 11.4. The van der Waals surface area contributed by atoms with Gasteiger partial charge in [-0.2, -0.15) is 0 Å². The van der Waals surface area contributed by atoms with Gasteiger partial charge < -0.3 is 10.3 Å². The monoisotopic (exact) mass is 403 g/mol. The first kappa shape index (κ1) is 17.9. The van der Waals surface area contributed by atoms with Crippen LogP contribution in [0.4, 0.5) is 14.5 Å². The van der Waals surface area contributed by atoms with Gasteiger partial charge in [-0.3, -0.25) is 0 Å². The molecule has 0 aliphatic carbocycles. The second-order valence-electron chi connectivity index (χ2n) is 5.79. The second kappa shape index (κ2) is 7.24. The summed E-state index contributed by atoms with van der Waals surface area (Å²) in [6.07, 6.45) is 1.73. The molecule has 4 rings (SSSR count). The van der Waals surface area contributed by atoms with Gasteiger partial charge in [-0.25, -0.2) is 13.8 Å². The number of thioether (sulfide) groups is 1. The molecule has 0 bridgehead atoms. The van der Waals surface area contributed by atoms with Crippen molar-refractivity contribution >= 4 is 39.0 Å². The van der Waals surface area contributed by atoms with E-state index >= 15 is 0 Å². The van der Waals surface area contributed by atoms with Gasteiger partial charge in [0.25, 0.3) is 0 Å². The quantitative estimate of drug-likeness (QED) is 0.488. The summed E-state index contributed by atoms with van der Waals surface area (Å²) in [5.74, 6) is -0.558. The topological polar surface area (TPSA) is 69.6 Å². The van der Waals surface area contributed by atoms with Crippen LogP contribution in [0.25, 0.3) is 20.9 Å². The third-order valence-corrected chi connectivity index (χ3v) is 6.26. The highest BCUT2D eigenvalue weighted by Crippen LogP contribution is 2.39. The van der Waals surface area contributed by atoms with E-state index in [0.29, 0.717) is 34.5 Å². The largest absolute Gasteiger partial charge is 0.397 e. The molecule has 3 aromatic heterocycles. The van der Waals surface area contributed by atoms with Crippen LogP contribution in [0.3, 0.4) is 0 Å². The average molecular weight is 403 g/mol. The number of benzene rings is 1. The smallest absolute Gasteiger partial charge is 0.191 e. The molecule has 0 radical (unpaired) electrons. The number of halogens is 2. The summed E-state index contributed by atoms with van der Waals surface area (Å²) in [5, 5.41) is 10.2. The minimum atomic E-state index is -0.851. The van der Waals surface area contributed by atoms with Crippen molar-refractivity contribution in [3.63, 3.8) is 0 Å². The predicted molar refractivity (Wildman–Crippen MR) is 105 cm³/mol. The number of nitrogen functional groups attached to an aromatic ring is 1. The number of anilines is 1. The summed E-state index contributed by atoms with van der Waals surface area (Å²) < 4.78 is 28.4. The van der Waals surface area contributed by atoms with E-state index in [1.54, 1.807) is 12.3 Å². The van der Waals surface area contributed by atoms with Crippen LogP contribution < -0.4 is 5.73 Å². The molecule has 9 heteroatoms. The standard InChI is InChI=1S/C18H15F2N5S2/c1-2-25-16(15-14(21)11-4-3-7-22-17(11)27-15)23-24-18(25)26-9-10-5-6-12(19)13(20)8-10/h3-8H,2,9,21H2,1H3. The van der Waals surface area contributed by atoms with Crippen LogP contribution in [-0.2, 0) is 12.3 Å². The maximum Gasteiger partial charge on any atom is 0.191 e. The number of nitrogens with two attached hydrogens (primary N) is 1. The first-order valence-corrected chi connectivity index (χ1v) is 10.0. The SMILES string of the molecule is CCn1c(SCc2ccc(F)c(F)c2)nnc1-c1sc2ncccc2c1N. The molecule has 5 nitrogen and oxygen atoms in total. The van der Waals surface area contributed by atoms with Crippen molar-refractivity contribution in [1.82, 2.24) is 19.7 Å². The summed E-state index contributed by atoms with van der Waals surface area (Å²) in [4.78, 5) is 6.04. The van der Waals surface area contributed by atoms with Gasteiger partial charge >= 0.3 is 0 Å². The number of thiophene rings is 1. The molecule has 2 N–H and O–H groups in total. The maximum atomic E-state index is 13.4. The average Bonchev–Trinajstić information content (AvgIpc) is 3.23. The fourth-order valence-corrected chi connectivity index (χ4v) is 4.75. The molecule has 27 heavy (non-hydrogen) atoms. The van der Waals surface area contributed by atoms with Crippen LogP contribution in [0, 0.1) is 11.6 Å². The van der Waals surface area contributed by atoms with E-state index in [0.717, 1.165) is 21.2 Å². The number of aromatic nitrogens is 4. The van der Waals surface area contributed by atoms with Gasteiger partial charge in [0, 0.05) is 23.9 Å². The fourth-order valence-electron chi connectivity index (χ4n) is 2.74. The third kappa shape index (κ3) is 3.28. The lowest BCUT2D eigenvalue weighted by atomic mass is 10.2. The zero-order valence-corrected chi connectivity index (χ0v) is 15.9. The Kier molecular flexibility index (Phi) is 4.79. The first-order valence-electron chi connectivity index (χ1n) is 8.21. The summed E-state index contributed by atoms with van der Waals surface area (Å²) in [5.41, 5.74) is 7.62. The molecule has 1 aromatic carbocycles. The molecule has 138 valence electrons. The van der Waals surface area contributed by atoms with Crippen molar-refractivity contribution in [1.29, 1.82) is 0 Å². The van der Waals surface area contributed by atoms with E-state index in [-0.39, 0.29) is 0 Å². The van der Waals surface area contributed by atoms with Crippen LogP contribution >= 0.6 is 23.1 Å². The molecule has 0 unspecified atom stereocenters. The van der Waals surface area contributed by atoms with Gasteiger partial charge in [0.1, 0.15) is 4.83 Å². The highest BCUT2D eigenvalue weighted by Gasteiger charge is 2.19. The molecule has 4 aromatic rings. The zero-order chi connectivity index (χ0) is 19.0. The molecule has 0 atom stereocenters. The van der Waals surface area contributed by atoms with Crippen LogP contribution in [0.15, 0.2) is 41.7 Å². The molecular weight excluding hydrogens is 388 g/mol. The van der Waals surface area contributed by atoms with Gasteiger partial charge in [-0.05, 0) is 36.8 Å². The lowest BCUT2D eigenvalue weighted by molar-refractivity contribution is 0.507. The van der Waals surface area contributed by atoms with E-state index in [9.17, 15) is 8.78 Å². The first-order chi connectivity index (χ1) is 13.1. The van der Waals surface area contributed by atoms with Crippen LogP contribution in [0.2, 0.25) is 0 Å². The Morgan fingerprint density at radius 2 is 2.04 bits per heavy atom. The zero-order valence-electron chi connectivity index (χ0n) is 14.3. The number of nitrogens with zero attached hydrogens (tertiary/aromatic N) is 4. The van der Waals surface area contributed by atoms with Gasteiger partial charge in [0.2, 0.25) is 0 Å². The highest BCUT2D eigenvalue weighted by molar-refractivity contribution is 7.98. The van der Waals surface area contributed by atoms with E-state index < -0.39 is 11.6 Å². The molecule has 3 heterocycles. The van der Waals surface area contributed by atoms with Crippen molar-refractivity contribution in [2.24, 2.45) is 0 Å². The minimum Gasteiger partial charge on any atom is -0.397 e. The second-order valence-corrected chi connectivity index (χ2v) is 7.73. The molecule has 0 saturated carbocycles. The Hall–Kier alpha value is -2.52. The van der Waals surface area contributed by atoms with Crippen molar-refractivity contribution in [3.8, 4) is 10.7 Å². The molecule has 0 fully saturated rings. The van der Waals surface area contributed by atoms with Crippen LogP contribution in [0.5, 0.6) is 0 Å². The molecule has 0 spiro atoms. The van der Waals surface area contributed by atoms with Crippen molar-refractivity contribution in [3.05, 3.63) is 53.7 Å². The van der Waals surface area contributed by atoms with E-state index in [4.69, 9.17) is 5.73 Å². The van der Waals surface area contributed by atoms with E-state index in [1.807, 2.05) is 23.6 Å². The highest BCUT2D eigenvalue weighted by atomic mass is 32.2. The Morgan fingerprint density at radius 1 is 1.19 bits per heavy atom. The molecule has 0 saturated heterocycles. The number of hydrogen-bond acceptors (Lipinski definition) is 6. The van der Waals surface area contributed by atoms with Gasteiger partial charge in [-0.1, -0.05) is 17.8 Å². The lowest BCUT2D eigenvalue weighted by Crippen LogP contribution is -2.00. The van der Waals surface area contributed by atoms with Gasteiger partial charge in [0.15, 0.2) is 22.6 Å². The predicted octanol–water partition coefficient (Wildman–Crippen LogP) is 4.73. The molecule has 0 aliphatic rings. The van der Waals surface area contributed by atoms with E-state index in [2.05, 4.69) is 15.2 Å². The summed E-state index contributed by atoms with van der Waals surface area (Å²) in [6.45, 7) is 2.65. The third-order valence-electron chi connectivity index (χ3n) is 4.09. The molecule has 0 amide bonds. The Balaban J connectivity index is 1.65. The Labute approximate surface area is 162 Å². The minimum absolute atomic E-state index is 0.457. The number of pyridine rings is 1. The lowest BCUT2D eigenvalue weighted by Gasteiger charge is -2.07. The van der Waals surface area contributed by atoms with Gasteiger partial charge in [0.05, 0.1) is 10.6 Å². The van der Waals surface area contributed by atoms with Crippen LogP contribution in [-0.4, -0.2) is 19.7 Å². The number of hydrogen-bond donors (Lipinski definition) is 1. The van der Waals surface area contributed by atoms with E-state index in [1.165, 1.54) is 29.2 Å². The Bertz CT molecular complexity index is 1120. The van der Waals surface area contributed by atoms with Crippen LogP contribution in [0.1, 0.15) is 12.5 Å². The molecular formula is C18H15F2N5S2. The molecule has 0 aliphatic heterocycles. The Morgan fingerprint density at radius 3 is 2.78 bits per heavy atom. The van der Waals surface area contributed by atoms with Gasteiger partial charge in [-0.15, -0.1) is 21.5 Å². The number of fused-ring (bicyclic) bond motifs is 1. The van der Waals surface area contributed by atoms with Crippen molar-refractivity contribution < 1.29 is 8.78 Å². The van der Waals surface area contributed by atoms with Crippen molar-refractivity contribution in [2.75, 3.05) is 5.73 Å². The summed E-state index contributed by atoms with van der Waals surface area (Å²) >= 11 is 2.89.